The highest BCUT2D eigenvalue weighted by atomic mass is 16.7. The van der Waals surface area contributed by atoms with Gasteiger partial charge in [0.2, 0.25) is 5.91 Å². The molecule has 12 atom stereocenters. The van der Waals surface area contributed by atoms with Crippen molar-refractivity contribution >= 4 is 5.91 Å². The highest BCUT2D eigenvalue weighted by Gasteiger charge is 2.51. The summed E-state index contributed by atoms with van der Waals surface area (Å²) in [7, 11) is 0. The Morgan fingerprint density at radius 1 is 0.389 bits per heavy atom. The molecule has 530 valence electrons. The van der Waals surface area contributed by atoms with Crippen molar-refractivity contribution in [2.75, 3.05) is 19.8 Å². The van der Waals surface area contributed by atoms with Gasteiger partial charge in [-0.2, -0.15) is 0 Å². The molecule has 2 heterocycles. The molecule has 2 aliphatic heterocycles. The fourth-order valence-electron chi connectivity index (χ4n) is 12.7. The second-order valence-electron chi connectivity index (χ2n) is 27.1. The SMILES string of the molecule is CCCCCCCCCC/C=C\CCCCCCCCCCCCCCCCCCCC(=O)NC(COC1OC(CO)C(OC2OC(CO)C(O)C(O)C2O)C(O)C1O)C(O)/C=C/CC/C=C/CCCCCCCCCCCCCCCCCCCCCCC. The summed E-state index contributed by atoms with van der Waals surface area (Å²) in [4.78, 5) is 13.4. The third kappa shape index (κ3) is 44.0. The van der Waals surface area contributed by atoms with Crippen LogP contribution in [0.1, 0.15) is 348 Å². The molecule has 0 aliphatic carbocycles. The van der Waals surface area contributed by atoms with Gasteiger partial charge in [-0.25, -0.2) is 0 Å². The highest BCUT2D eigenvalue weighted by molar-refractivity contribution is 5.76. The Morgan fingerprint density at radius 2 is 0.711 bits per heavy atom. The van der Waals surface area contributed by atoms with Crippen molar-refractivity contribution in [1.29, 1.82) is 0 Å². The fraction of sp³-hybridized carbons (Fsp3) is 0.908. The van der Waals surface area contributed by atoms with Gasteiger partial charge in [0.05, 0.1) is 32.0 Å². The van der Waals surface area contributed by atoms with Crippen LogP contribution >= 0.6 is 0 Å². The molecule has 0 spiro atoms. The van der Waals surface area contributed by atoms with Crippen molar-refractivity contribution in [2.24, 2.45) is 0 Å². The van der Waals surface area contributed by atoms with Crippen LogP contribution in [-0.2, 0) is 23.7 Å². The molecule has 14 heteroatoms. The number of rotatable bonds is 64. The van der Waals surface area contributed by atoms with Gasteiger partial charge >= 0.3 is 0 Å². The molecule has 2 saturated heterocycles. The predicted octanol–water partition coefficient (Wildman–Crippen LogP) is 16.5. The van der Waals surface area contributed by atoms with Gasteiger partial charge in [0.1, 0.15) is 48.8 Å². The molecule has 0 saturated carbocycles. The molecule has 2 fully saturated rings. The van der Waals surface area contributed by atoms with E-state index < -0.39 is 86.8 Å². The highest BCUT2D eigenvalue weighted by Crippen LogP contribution is 2.30. The van der Waals surface area contributed by atoms with Crippen LogP contribution in [-0.4, -0.2) is 140 Å². The maximum absolute atomic E-state index is 13.4. The summed E-state index contributed by atoms with van der Waals surface area (Å²) in [6.07, 6.45) is 62.2. The second kappa shape index (κ2) is 60.8. The van der Waals surface area contributed by atoms with Gasteiger partial charge in [-0.15, -0.1) is 0 Å². The van der Waals surface area contributed by atoms with Crippen LogP contribution in [0.25, 0.3) is 0 Å². The molecule has 0 radical (unpaired) electrons. The number of amides is 1. The minimum atomic E-state index is -1.79. The molecule has 0 bridgehead atoms. The molecule has 14 nitrogen and oxygen atoms in total. The largest absolute Gasteiger partial charge is 0.394 e. The lowest BCUT2D eigenvalue weighted by molar-refractivity contribution is -0.359. The number of unbranched alkanes of at least 4 members (excludes halogenated alkanes) is 47. The maximum Gasteiger partial charge on any atom is 0.220 e. The van der Waals surface area contributed by atoms with E-state index >= 15 is 0 Å². The van der Waals surface area contributed by atoms with E-state index in [0.29, 0.717) is 12.8 Å². The number of aliphatic hydroxyl groups excluding tert-OH is 8. The van der Waals surface area contributed by atoms with Crippen LogP contribution in [0.4, 0.5) is 0 Å². The maximum atomic E-state index is 13.4. The van der Waals surface area contributed by atoms with Gasteiger partial charge in [0, 0.05) is 6.42 Å². The van der Waals surface area contributed by atoms with Crippen molar-refractivity contribution in [2.45, 2.75) is 421 Å². The van der Waals surface area contributed by atoms with Crippen LogP contribution in [0.15, 0.2) is 36.5 Å². The number of carbonyl (C=O) groups excluding carboxylic acids is 1. The minimum absolute atomic E-state index is 0.242. The predicted molar refractivity (Wildman–Crippen MR) is 369 cm³/mol. The molecule has 12 unspecified atom stereocenters. The zero-order valence-corrected chi connectivity index (χ0v) is 57.9. The van der Waals surface area contributed by atoms with Gasteiger partial charge in [0.15, 0.2) is 12.6 Å². The van der Waals surface area contributed by atoms with Crippen LogP contribution in [0.3, 0.4) is 0 Å². The average molecular weight is 1280 g/mol. The average Bonchev–Trinajstić information content (AvgIpc) is 1.26. The van der Waals surface area contributed by atoms with E-state index in [0.717, 1.165) is 32.1 Å². The van der Waals surface area contributed by atoms with Crippen molar-refractivity contribution in [1.82, 2.24) is 5.32 Å². The molecule has 2 aliphatic rings. The van der Waals surface area contributed by atoms with Crippen molar-refractivity contribution in [3.63, 3.8) is 0 Å². The van der Waals surface area contributed by atoms with E-state index in [1.807, 2.05) is 6.08 Å². The van der Waals surface area contributed by atoms with Gasteiger partial charge in [-0.3, -0.25) is 4.79 Å². The van der Waals surface area contributed by atoms with E-state index in [1.54, 1.807) is 6.08 Å². The van der Waals surface area contributed by atoms with Crippen LogP contribution < -0.4 is 5.32 Å². The van der Waals surface area contributed by atoms with E-state index in [2.05, 4.69) is 43.5 Å². The molecular formula is C76H143NO13. The Balaban J connectivity index is 1.66. The molecule has 1 amide bonds. The second-order valence-corrected chi connectivity index (χ2v) is 27.1. The van der Waals surface area contributed by atoms with Crippen LogP contribution in [0.2, 0.25) is 0 Å². The summed E-state index contributed by atoms with van der Waals surface area (Å²) >= 11 is 0. The van der Waals surface area contributed by atoms with Crippen LogP contribution in [0, 0.1) is 0 Å². The Hall–Kier alpha value is -1.79. The minimum Gasteiger partial charge on any atom is -0.394 e. The van der Waals surface area contributed by atoms with E-state index in [-0.39, 0.29) is 18.9 Å². The molecule has 2 rings (SSSR count). The van der Waals surface area contributed by atoms with E-state index in [9.17, 15) is 45.6 Å². The standard InChI is InChI=1S/C76H143NO13/c1-3-5-7-9-11-13-15-17-19-21-23-25-27-29-31-32-34-36-38-40-42-44-46-48-50-52-54-56-58-60-68(81)77-64(63-87-75-73(86)71(84)74(67(62-79)89-75)90-76-72(85)70(83)69(82)66(61-78)88-76)65(80)59-57-55-53-51-49-47-45-43-41-39-37-35-33-30-28-26-24-22-20-18-16-14-12-10-8-6-4-2/h21,23,49,51,57,59,64-67,69-76,78-80,82-86H,3-20,22,24-48,50,52-56,58,60-63H2,1-2H3,(H,77,81)/b23-21-,51-49+,59-57+. The summed E-state index contributed by atoms with van der Waals surface area (Å²) in [5, 5.41) is 87.6. The number of hydrogen-bond donors (Lipinski definition) is 9. The van der Waals surface area contributed by atoms with Gasteiger partial charge < -0.3 is 65.1 Å². The first-order chi connectivity index (χ1) is 44.1. The lowest BCUT2D eigenvalue weighted by Crippen LogP contribution is -2.65. The first-order valence-corrected chi connectivity index (χ1v) is 38.2. The van der Waals surface area contributed by atoms with Gasteiger partial charge in [0.25, 0.3) is 0 Å². The fourth-order valence-corrected chi connectivity index (χ4v) is 12.7. The van der Waals surface area contributed by atoms with Gasteiger partial charge in [-0.1, -0.05) is 320 Å². The monoisotopic (exact) mass is 1280 g/mol. The summed E-state index contributed by atoms with van der Waals surface area (Å²) < 4.78 is 22.9. The third-order valence-electron chi connectivity index (χ3n) is 18.8. The number of hydrogen-bond acceptors (Lipinski definition) is 13. The molecule has 9 N–H and O–H groups in total. The lowest BCUT2D eigenvalue weighted by Gasteiger charge is -2.46. The Morgan fingerprint density at radius 3 is 1.09 bits per heavy atom. The summed E-state index contributed by atoms with van der Waals surface area (Å²) in [6, 6.07) is -0.932. The topological polar surface area (TPSA) is 228 Å². The Bertz CT molecular complexity index is 1650. The number of aliphatic hydroxyl groups is 8. The number of nitrogens with one attached hydrogen (secondary N) is 1. The summed E-state index contributed by atoms with van der Waals surface area (Å²) in [6.45, 7) is 2.84. The van der Waals surface area contributed by atoms with E-state index in [1.165, 1.54) is 283 Å². The van der Waals surface area contributed by atoms with E-state index in [4.69, 9.17) is 18.9 Å². The first kappa shape index (κ1) is 84.3. The lowest BCUT2D eigenvalue weighted by atomic mass is 9.97. The normalized spacial score (nSPS) is 23.0. The van der Waals surface area contributed by atoms with Crippen LogP contribution in [0.5, 0.6) is 0 Å². The van der Waals surface area contributed by atoms with Gasteiger partial charge in [-0.05, 0) is 57.8 Å². The quantitative estimate of drug-likeness (QED) is 0.0204. The molecule has 90 heavy (non-hydrogen) atoms. The number of ether oxygens (including phenoxy) is 4. The zero-order chi connectivity index (χ0) is 65.2. The third-order valence-corrected chi connectivity index (χ3v) is 18.8. The zero-order valence-electron chi connectivity index (χ0n) is 57.9. The molecule has 0 aromatic heterocycles. The smallest absolute Gasteiger partial charge is 0.220 e. The molecule has 0 aromatic carbocycles. The first-order valence-electron chi connectivity index (χ1n) is 38.2. The summed E-state index contributed by atoms with van der Waals surface area (Å²) in [5.41, 5.74) is 0. The number of carbonyl (C=O) groups is 1. The Kier molecular flexibility index (Phi) is 57.0. The summed E-state index contributed by atoms with van der Waals surface area (Å²) in [5.74, 6) is -0.242. The van der Waals surface area contributed by atoms with Crippen molar-refractivity contribution < 1.29 is 64.6 Å². The van der Waals surface area contributed by atoms with Crippen molar-refractivity contribution in [3.8, 4) is 0 Å². The molecular weight excluding hydrogens is 1130 g/mol. The molecule has 0 aromatic rings. The number of allylic oxidation sites excluding steroid dienone is 5. The Labute approximate surface area is 551 Å². The van der Waals surface area contributed by atoms with Crippen molar-refractivity contribution in [3.05, 3.63) is 36.5 Å².